The topological polar surface area (TPSA) is 89.9 Å². The van der Waals surface area contributed by atoms with Gasteiger partial charge in [0.15, 0.2) is 11.6 Å². The van der Waals surface area contributed by atoms with Crippen molar-refractivity contribution in [3.05, 3.63) is 36.5 Å². The van der Waals surface area contributed by atoms with Crippen LogP contribution in [-0.4, -0.2) is 57.1 Å². The molecule has 0 bridgehead atoms. The van der Waals surface area contributed by atoms with Gasteiger partial charge in [0.05, 0.1) is 12.2 Å². The van der Waals surface area contributed by atoms with Crippen LogP contribution in [0.5, 0.6) is 0 Å². The fraction of sp³-hybridized carbons (Fsp3) is 0.667. The molecule has 1 aliphatic heterocycles. The monoisotopic (exact) mass is 560 g/mol. The van der Waals surface area contributed by atoms with Gasteiger partial charge in [-0.1, -0.05) is 66.9 Å². The zero-order valence-electron chi connectivity index (χ0n) is 21.5. The summed E-state index contributed by atoms with van der Waals surface area (Å²) < 4.78 is 8.31. The van der Waals surface area contributed by atoms with Crippen LogP contribution in [0, 0.1) is 29.6 Å². The van der Waals surface area contributed by atoms with Crippen LogP contribution in [-0.2, 0) is 23.9 Å². The van der Waals surface area contributed by atoms with Gasteiger partial charge >= 0.3 is 5.97 Å². The van der Waals surface area contributed by atoms with Gasteiger partial charge in [-0.25, -0.2) is 0 Å². The lowest BCUT2D eigenvalue weighted by Crippen LogP contribution is -2.51. The quantitative estimate of drug-likeness (QED) is 0.158. The molecular formula is C27H38Cl2O6S. The number of ether oxygens (including phenoxy) is 2. The molecule has 9 heteroatoms. The van der Waals surface area contributed by atoms with E-state index < -0.39 is 51.3 Å². The van der Waals surface area contributed by atoms with E-state index in [1.54, 1.807) is 32.1 Å². The third-order valence-electron chi connectivity index (χ3n) is 6.94. The molecule has 2 rings (SSSR count). The molecular weight excluding hydrogens is 523 g/mol. The molecule has 0 aromatic rings. The van der Waals surface area contributed by atoms with E-state index in [0.717, 1.165) is 0 Å². The highest BCUT2D eigenvalue weighted by atomic mass is 35.5. The predicted molar refractivity (Wildman–Crippen MR) is 145 cm³/mol. The molecule has 2 aliphatic rings. The molecule has 1 N–H and O–H groups in total. The number of aliphatic hydroxyl groups is 1. The van der Waals surface area contributed by atoms with Crippen molar-refractivity contribution in [3.8, 4) is 0 Å². The zero-order valence-corrected chi connectivity index (χ0v) is 23.9. The molecule has 202 valence electrons. The van der Waals surface area contributed by atoms with E-state index in [4.69, 9.17) is 45.3 Å². The van der Waals surface area contributed by atoms with E-state index in [0.29, 0.717) is 19.4 Å². The van der Waals surface area contributed by atoms with Gasteiger partial charge in [-0.2, -0.15) is 12.6 Å². The second-order valence-electron chi connectivity index (χ2n) is 9.99. The Balaban J connectivity index is 2.57. The molecule has 0 saturated heterocycles. The van der Waals surface area contributed by atoms with Gasteiger partial charge in [-0.05, 0) is 52.0 Å². The summed E-state index contributed by atoms with van der Waals surface area (Å²) >= 11 is 17.7. The van der Waals surface area contributed by atoms with Gasteiger partial charge in [0, 0.05) is 23.7 Å². The number of rotatable bonds is 6. The van der Waals surface area contributed by atoms with Crippen molar-refractivity contribution in [2.45, 2.75) is 68.7 Å². The van der Waals surface area contributed by atoms with Crippen LogP contribution in [0.1, 0.15) is 47.5 Å². The third-order valence-corrected chi connectivity index (χ3v) is 8.20. The number of halogens is 2. The summed E-state index contributed by atoms with van der Waals surface area (Å²) in [6.45, 7) is 9.13. The van der Waals surface area contributed by atoms with E-state index in [1.165, 1.54) is 6.92 Å². The highest BCUT2D eigenvalue weighted by Crippen LogP contribution is 2.46. The van der Waals surface area contributed by atoms with Gasteiger partial charge in [0.25, 0.3) is 0 Å². The minimum atomic E-state index is -2.45. The number of cyclic esters (lactones) is 1. The summed E-state index contributed by atoms with van der Waals surface area (Å²) in [4.78, 5) is 39.8. The molecule has 6 nitrogen and oxygen atoms in total. The minimum Gasteiger partial charge on any atom is -0.458 e. The Kier molecular flexibility index (Phi) is 11.3. The molecule has 0 aromatic heterocycles. The molecule has 0 unspecified atom stereocenters. The summed E-state index contributed by atoms with van der Waals surface area (Å²) in [5.41, 5.74) is -1.12. The number of esters is 1. The lowest BCUT2D eigenvalue weighted by atomic mass is 9.63. The lowest BCUT2D eigenvalue weighted by Gasteiger charge is -2.43. The van der Waals surface area contributed by atoms with Gasteiger partial charge < -0.3 is 14.6 Å². The fourth-order valence-electron chi connectivity index (χ4n) is 5.01. The van der Waals surface area contributed by atoms with E-state index in [-0.39, 0.29) is 23.7 Å². The highest BCUT2D eigenvalue weighted by molar-refractivity contribution is 7.81. The largest absolute Gasteiger partial charge is 0.458 e. The SMILES string of the molecule is CCOC[C@](C)(O)C[C@H]1C=C[C@@H]2[C@@H](C(=O)C(Cl)(Cl)C(=O)[C@H](C)C(=O)O[C@@H](C)/C=C/C=C\[C@H]2S)[C@@H]1CC. The molecule has 0 aromatic carbocycles. The number of carbonyl (C=O) groups excluding carboxylic acids is 3. The van der Waals surface area contributed by atoms with E-state index in [9.17, 15) is 19.5 Å². The normalized spacial score (nSPS) is 36.8. The number of allylic oxidation sites excluding steroid dienone is 4. The van der Waals surface area contributed by atoms with Gasteiger partial charge in [-0.15, -0.1) is 0 Å². The van der Waals surface area contributed by atoms with E-state index in [2.05, 4.69) is 0 Å². The Hall–Kier alpha value is -1.12. The summed E-state index contributed by atoms with van der Waals surface area (Å²) in [5.74, 6) is -5.36. The van der Waals surface area contributed by atoms with E-state index >= 15 is 0 Å². The summed E-state index contributed by atoms with van der Waals surface area (Å²) in [6.07, 6.45) is 11.3. The Morgan fingerprint density at radius 3 is 2.33 bits per heavy atom. The molecule has 0 saturated carbocycles. The highest BCUT2D eigenvalue weighted by Gasteiger charge is 2.54. The number of hydrogen-bond acceptors (Lipinski definition) is 7. The molecule has 8 atom stereocenters. The first-order valence-corrected chi connectivity index (χ1v) is 13.7. The Morgan fingerprint density at radius 2 is 1.72 bits per heavy atom. The van der Waals surface area contributed by atoms with Crippen molar-refractivity contribution in [1.29, 1.82) is 0 Å². The number of hydrogen-bond donors (Lipinski definition) is 2. The second kappa shape index (κ2) is 13.1. The molecule has 0 fully saturated rings. The van der Waals surface area contributed by atoms with Crippen molar-refractivity contribution >= 4 is 53.4 Å². The molecule has 36 heavy (non-hydrogen) atoms. The summed E-state index contributed by atoms with van der Waals surface area (Å²) in [5, 5.41) is 10.6. The maximum absolute atomic E-state index is 14.0. The first kappa shape index (κ1) is 31.1. The Labute approximate surface area is 229 Å². The van der Waals surface area contributed by atoms with Crippen LogP contribution in [0.3, 0.4) is 0 Å². The molecule has 0 radical (unpaired) electrons. The first-order chi connectivity index (χ1) is 16.8. The van der Waals surface area contributed by atoms with Crippen LogP contribution in [0.25, 0.3) is 0 Å². The summed E-state index contributed by atoms with van der Waals surface area (Å²) in [6, 6.07) is 0. The second-order valence-corrected chi connectivity index (χ2v) is 11.9. The number of alkyl halides is 2. The van der Waals surface area contributed by atoms with Crippen molar-refractivity contribution < 1.29 is 29.0 Å². The molecule has 0 spiro atoms. The maximum atomic E-state index is 14.0. The average Bonchev–Trinajstić information content (AvgIpc) is 2.82. The van der Waals surface area contributed by atoms with Gasteiger partial charge in [0.1, 0.15) is 12.0 Å². The number of Topliss-reactive ketones (excluding diaryl/α,β-unsaturated/α-hetero) is 2. The molecule has 1 heterocycles. The first-order valence-electron chi connectivity index (χ1n) is 12.4. The van der Waals surface area contributed by atoms with Crippen LogP contribution >= 0.6 is 35.8 Å². The van der Waals surface area contributed by atoms with Crippen LogP contribution in [0.4, 0.5) is 0 Å². The van der Waals surface area contributed by atoms with Crippen LogP contribution in [0.2, 0.25) is 0 Å². The molecule has 0 amide bonds. The third kappa shape index (κ3) is 7.47. The zero-order chi connectivity index (χ0) is 27.3. The van der Waals surface area contributed by atoms with Crippen molar-refractivity contribution in [1.82, 2.24) is 0 Å². The Morgan fingerprint density at radius 1 is 1.08 bits per heavy atom. The summed E-state index contributed by atoms with van der Waals surface area (Å²) in [7, 11) is 0. The minimum absolute atomic E-state index is 0.155. The maximum Gasteiger partial charge on any atom is 0.316 e. The number of ketones is 2. The van der Waals surface area contributed by atoms with Crippen LogP contribution in [0.15, 0.2) is 36.5 Å². The predicted octanol–water partition coefficient (Wildman–Crippen LogP) is 4.91. The van der Waals surface area contributed by atoms with Crippen molar-refractivity contribution in [2.24, 2.45) is 29.6 Å². The molecule has 1 aliphatic carbocycles. The number of fused-ring (bicyclic) bond motifs is 1. The van der Waals surface area contributed by atoms with Gasteiger partial charge in [0.2, 0.25) is 4.33 Å². The van der Waals surface area contributed by atoms with E-state index in [1.807, 2.05) is 32.1 Å². The van der Waals surface area contributed by atoms with Gasteiger partial charge in [-0.3, -0.25) is 14.4 Å². The van der Waals surface area contributed by atoms with Crippen LogP contribution < -0.4 is 0 Å². The van der Waals surface area contributed by atoms with Crippen molar-refractivity contribution in [2.75, 3.05) is 13.2 Å². The number of thiol groups is 1. The standard InChI is InChI=1S/C27H38Cl2O6S/c1-6-19-18(14-26(5,33)15-34-7-2)12-13-20-21(36)11-9-8-10-16(3)35-25(32)17(4)23(30)27(28,29)24(31)22(19)20/h8-13,16-22,33,36H,6-7,14-15H2,1-5H3/b10-8+,11-9-/t16-,17-,18+,19+,20-,21+,22-,26+/m0/s1. The van der Waals surface area contributed by atoms with Crippen molar-refractivity contribution in [3.63, 3.8) is 0 Å². The average molecular weight is 562 g/mol. The smallest absolute Gasteiger partial charge is 0.316 e. The number of carbonyl (C=O) groups is 3. The Bertz CT molecular complexity index is 897. The fourth-order valence-corrected chi connectivity index (χ4v) is 5.97. The lowest BCUT2D eigenvalue weighted by molar-refractivity contribution is -0.154.